The molecule has 0 unspecified atom stereocenters. The van der Waals surface area contributed by atoms with E-state index in [1.807, 2.05) is 36.4 Å². The summed E-state index contributed by atoms with van der Waals surface area (Å²) in [4.78, 5) is 9.57. The van der Waals surface area contributed by atoms with Crippen molar-refractivity contribution in [1.29, 1.82) is 0 Å². The summed E-state index contributed by atoms with van der Waals surface area (Å²) in [7, 11) is 2.14. The highest BCUT2D eigenvalue weighted by atomic mass is 16.5. The number of nitrogens with zero attached hydrogens (tertiary/aromatic N) is 4. The molecule has 0 N–H and O–H groups in total. The molecule has 1 aromatic heterocycles. The zero-order chi connectivity index (χ0) is 18.5. The minimum atomic E-state index is -0.0428. The first-order chi connectivity index (χ1) is 13.3. The molecule has 1 aliphatic heterocycles. The molecule has 2 aromatic carbocycles. The highest BCUT2D eigenvalue weighted by Gasteiger charge is 2.26. The van der Waals surface area contributed by atoms with Crippen LogP contribution in [-0.4, -0.2) is 53.2 Å². The van der Waals surface area contributed by atoms with E-state index in [-0.39, 0.29) is 6.04 Å². The Bertz CT molecular complexity index is 828. The third kappa shape index (κ3) is 4.26. The number of hydrogen-bond donors (Lipinski definition) is 0. The van der Waals surface area contributed by atoms with Crippen LogP contribution in [0.2, 0.25) is 0 Å². The van der Waals surface area contributed by atoms with Gasteiger partial charge in [0, 0.05) is 18.7 Å². The second-order valence-electron chi connectivity index (χ2n) is 7.16. The summed E-state index contributed by atoms with van der Waals surface area (Å²) in [6.45, 7) is 4.45. The summed E-state index contributed by atoms with van der Waals surface area (Å²) in [5.41, 5.74) is 2.14. The normalized spacial score (nSPS) is 16.1. The molecule has 5 heteroatoms. The van der Waals surface area contributed by atoms with Gasteiger partial charge in [-0.25, -0.2) is 0 Å². The summed E-state index contributed by atoms with van der Waals surface area (Å²) in [6, 6.07) is 20.3. The minimum absolute atomic E-state index is 0.0428. The highest BCUT2D eigenvalue weighted by Crippen LogP contribution is 2.28. The molecular formula is C22H26N4O. The van der Waals surface area contributed by atoms with E-state index in [1.165, 1.54) is 31.5 Å². The number of likely N-dealkylation sites (tertiary alicyclic amines) is 1. The van der Waals surface area contributed by atoms with Crippen molar-refractivity contribution in [2.45, 2.75) is 18.9 Å². The Morgan fingerprint density at radius 3 is 2.37 bits per heavy atom. The Balaban J connectivity index is 1.57. The summed E-state index contributed by atoms with van der Waals surface area (Å²) in [6.07, 6.45) is 2.63. The van der Waals surface area contributed by atoms with E-state index < -0.39 is 0 Å². The van der Waals surface area contributed by atoms with E-state index in [2.05, 4.69) is 46.3 Å². The van der Waals surface area contributed by atoms with Crippen LogP contribution in [0.3, 0.4) is 0 Å². The number of aromatic nitrogens is 2. The van der Waals surface area contributed by atoms with Gasteiger partial charge in [-0.15, -0.1) is 0 Å². The molecule has 140 valence electrons. The van der Waals surface area contributed by atoms with Crippen LogP contribution in [0.1, 0.15) is 30.3 Å². The summed E-state index contributed by atoms with van der Waals surface area (Å²) >= 11 is 0. The molecule has 4 rings (SSSR count). The van der Waals surface area contributed by atoms with E-state index in [0.717, 1.165) is 18.7 Å². The number of benzene rings is 2. The fourth-order valence-corrected chi connectivity index (χ4v) is 3.71. The third-order valence-electron chi connectivity index (χ3n) is 5.23. The van der Waals surface area contributed by atoms with Crippen LogP contribution in [0, 0.1) is 0 Å². The van der Waals surface area contributed by atoms with E-state index >= 15 is 0 Å². The van der Waals surface area contributed by atoms with Crippen molar-refractivity contribution in [1.82, 2.24) is 19.9 Å². The predicted molar refractivity (Wildman–Crippen MR) is 106 cm³/mol. The van der Waals surface area contributed by atoms with E-state index in [9.17, 15) is 0 Å². The lowest BCUT2D eigenvalue weighted by Crippen LogP contribution is -2.34. The fraction of sp³-hybridized carbons (Fsp3) is 0.364. The molecule has 27 heavy (non-hydrogen) atoms. The molecule has 3 aromatic rings. The van der Waals surface area contributed by atoms with Gasteiger partial charge >= 0.3 is 0 Å². The Morgan fingerprint density at radius 2 is 1.67 bits per heavy atom. The van der Waals surface area contributed by atoms with Gasteiger partial charge in [-0.2, -0.15) is 4.98 Å². The Kier molecular flexibility index (Phi) is 5.61. The van der Waals surface area contributed by atoms with E-state index in [4.69, 9.17) is 9.51 Å². The summed E-state index contributed by atoms with van der Waals surface area (Å²) < 4.78 is 5.71. The lowest BCUT2D eigenvalue weighted by atomic mass is 10.1. The smallest absolute Gasteiger partial charge is 0.248 e. The predicted octanol–water partition coefficient (Wildman–Crippen LogP) is 3.85. The molecule has 0 saturated carbocycles. The summed E-state index contributed by atoms with van der Waals surface area (Å²) in [5.74, 6) is 1.28. The molecule has 1 atom stereocenters. The van der Waals surface area contributed by atoms with Gasteiger partial charge in [0.2, 0.25) is 11.7 Å². The average molecular weight is 362 g/mol. The van der Waals surface area contributed by atoms with Crippen LogP contribution in [0.25, 0.3) is 11.4 Å². The van der Waals surface area contributed by atoms with Gasteiger partial charge in [-0.3, -0.25) is 4.90 Å². The lowest BCUT2D eigenvalue weighted by Gasteiger charge is -2.27. The first-order valence-electron chi connectivity index (χ1n) is 9.68. The largest absolute Gasteiger partial charge is 0.337 e. The Morgan fingerprint density at radius 1 is 1.00 bits per heavy atom. The van der Waals surface area contributed by atoms with E-state index in [0.29, 0.717) is 11.7 Å². The second kappa shape index (κ2) is 8.46. The maximum absolute atomic E-state index is 5.71. The van der Waals surface area contributed by atoms with Crippen molar-refractivity contribution < 1.29 is 4.52 Å². The molecule has 0 bridgehead atoms. The van der Waals surface area contributed by atoms with Gasteiger partial charge in [-0.05, 0) is 38.5 Å². The minimum Gasteiger partial charge on any atom is -0.337 e. The Hall–Kier alpha value is -2.50. The van der Waals surface area contributed by atoms with Crippen LogP contribution >= 0.6 is 0 Å². The van der Waals surface area contributed by atoms with Crippen LogP contribution in [0.5, 0.6) is 0 Å². The van der Waals surface area contributed by atoms with E-state index in [1.54, 1.807) is 0 Å². The first kappa shape index (κ1) is 17.9. The first-order valence-corrected chi connectivity index (χ1v) is 9.68. The van der Waals surface area contributed by atoms with Gasteiger partial charge in [0.05, 0.1) is 0 Å². The van der Waals surface area contributed by atoms with Crippen molar-refractivity contribution in [2.24, 2.45) is 0 Å². The van der Waals surface area contributed by atoms with Crippen LogP contribution in [0.4, 0.5) is 0 Å². The molecule has 0 amide bonds. The van der Waals surface area contributed by atoms with Crippen LogP contribution in [0.15, 0.2) is 65.2 Å². The average Bonchev–Trinajstić information content (AvgIpc) is 3.41. The standard InChI is InChI=1S/C22H26N4O/c1-25(16-17-26-14-8-9-15-26)20(18-10-4-2-5-11-18)22-23-21(24-27-22)19-12-6-3-7-13-19/h2-7,10-13,20H,8-9,14-17H2,1H3/t20-/m0/s1. The second-order valence-corrected chi connectivity index (χ2v) is 7.16. The highest BCUT2D eigenvalue weighted by molar-refractivity contribution is 5.53. The topological polar surface area (TPSA) is 45.4 Å². The van der Waals surface area contributed by atoms with Crippen LogP contribution in [-0.2, 0) is 0 Å². The van der Waals surface area contributed by atoms with Gasteiger partial charge < -0.3 is 9.42 Å². The maximum Gasteiger partial charge on any atom is 0.248 e. The number of likely N-dealkylation sites (N-methyl/N-ethyl adjacent to an activating group) is 1. The quantitative estimate of drug-likeness (QED) is 0.639. The SMILES string of the molecule is CN(CCN1CCCC1)[C@@H](c1ccccc1)c1nc(-c2ccccc2)no1. The molecule has 1 fully saturated rings. The molecule has 2 heterocycles. The van der Waals surface area contributed by atoms with Gasteiger partial charge in [0.1, 0.15) is 6.04 Å². The zero-order valence-corrected chi connectivity index (χ0v) is 15.8. The number of rotatable bonds is 7. The lowest BCUT2D eigenvalue weighted by molar-refractivity contribution is 0.197. The molecule has 1 saturated heterocycles. The van der Waals surface area contributed by atoms with Crippen molar-refractivity contribution in [3.05, 3.63) is 72.1 Å². The maximum atomic E-state index is 5.71. The van der Waals surface area contributed by atoms with Crippen molar-refractivity contribution in [3.8, 4) is 11.4 Å². The molecule has 5 nitrogen and oxygen atoms in total. The molecule has 0 radical (unpaired) electrons. The summed E-state index contributed by atoms with van der Waals surface area (Å²) in [5, 5.41) is 4.23. The molecule has 1 aliphatic rings. The van der Waals surface area contributed by atoms with Crippen molar-refractivity contribution >= 4 is 0 Å². The van der Waals surface area contributed by atoms with Crippen molar-refractivity contribution in [2.75, 3.05) is 33.2 Å². The van der Waals surface area contributed by atoms with Gasteiger partial charge in [-0.1, -0.05) is 65.8 Å². The van der Waals surface area contributed by atoms with Crippen molar-refractivity contribution in [3.63, 3.8) is 0 Å². The Labute approximate surface area is 160 Å². The fourth-order valence-electron chi connectivity index (χ4n) is 3.71. The van der Waals surface area contributed by atoms with Crippen LogP contribution < -0.4 is 0 Å². The molecular weight excluding hydrogens is 336 g/mol. The monoisotopic (exact) mass is 362 g/mol. The molecule has 0 spiro atoms. The van der Waals surface area contributed by atoms with Gasteiger partial charge in [0.25, 0.3) is 0 Å². The molecule has 0 aliphatic carbocycles. The third-order valence-corrected chi connectivity index (χ3v) is 5.23. The number of hydrogen-bond acceptors (Lipinski definition) is 5. The van der Waals surface area contributed by atoms with Gasteiger partial charge in [0.15, 0.2) is 0 Å². The zero-order valence-electron chi connectivity index (χ0n) is 15.8.